The second kappa shape index (κ2) is 5.93. The molecule has 5 heteroatoms. The molecule has 0 unspecified atom stereocenters. The van der Waals surface area contributed by atoms with Crippen molar-refractivity contribution in [1.82, 2.24) is 4.98 Å². The van der Waals surface area contributed by atoms with Crippen LogP contribution in [-0.4, -0.2) is 23.3 Å². The normalized spacial score (nSPS) is 13.6. The molecule has 1 aromatic heterocycles. The Morgan fingerprint density at radius 2 is 1.83 bits per heavy atom. The van der Waals surface area contributed by atoms with Crippen LogP contribution in [0.4, 0.5) is 0 Å². The molecule has 4 nitrogen and oxygen atoms in total. The number of hydrogen-bond acceptors (Lipinski definition) is 5. The molecular formula is C18H15NO3S. The van der Waals surface area contributed by atoms with Crippen LogP contribution >= 0.6 is 11.3 Å². The van der Waals surface area contributed by atoms with E-state index in [-0.39, 0.29) is 5.75 Å². The quantitative estimate of drug-likeness (QED) is 0.761. The van der Waals surface area contributed by atoms with E-state index >= 15 is 0 Å². The first-order chi connectivity index (χ1) is 11.3. The van der Waals surface area contributed by atoms with Gasteiger partial charge >= 0.3 is 0 Å². The number of phenols is 1. The van der Waals surface area contributed by atoms with Crippen molar-refractivity contribution in [2.24, 2.45) is 0 Å². The van der Waals surface area contributed by atoms with Gasteiger partial charge in [-0.3, -0.25) is 0 Å². The van der Waals surface area contributed by atoms with E-state index in [4.69, 9.17) is 9.47 Å². The first-order valence-electron chi connectivity index (χ1n) is 7.45. The number of para-hydroxylation sites is 1. The Morgan fingerprint density at radius 3 is 2.70 bits per heavy atom. The molecule has 2 aromatic carbocycles. The Bertz CT molecular complexity index is 844. The third kappa shape index (κ3) is 2.75. The lowest BCUT2D eigenvalue weighted by atomic mass is 10.1. The van der Waals surface area contributed by atoms with Gasteiger partial charge in [-0.1, -0.05) is 12.1 Å². The number of aromatic nitrogens is 1. The maximum atomic E-state index is 9.96. The van der Waals surface area contributed by atoms with Gasteiger partial charge in [0.2, 0.25) is 0 Å². The summed E-state index contributed by atoms with van der Waals surface area (Å²) in [6, 6.07) is 13.1. The van der Waals surface area contributed by atoms with Crippen LogP contribution in [0.1, 0.15) is 6.42 Å². The first kappa shape index (κ1) is 14.1. The fourth-order valence-electron chi connectivity index (χ4n) is 2.51. The van der Waals surface area contributed by atoms with Gasteiger partial charge in [-0.25, -0.2) is 4.98 Å². The molecule has 1 aliphatic rings. The Kier molecular flexibility index (Phi) is 3.63. The monoisotopic (exact) mass is 325 g/mol. The van der Waals surface area contributed by atoms with Crippen LogP contribution in [-0.2, 0) is 0 Å². The number of phenolic OH excluding ortho intramolecular Hbond substituents is 1. The summed E-state index contributed by atoms with van der Waals surface area (Å²) in [6.07, 6.45) is 0.887. The lowest BCUT2D eigenvalue weighted by molar-refractivity contribution is 0.297. The van der Waals surface area contributed by atoms with E-state index in [1.54, 1.807) is 12.1 Å². The van der Waals surface area contributed by atoms with Crippen molar-refractivity contribution in [3.63, 3.8) is 0 Å². The summed E-state index contributed by atoms with van der Waals surface area (Å²) in [7, 11) is 0. The molecule has 2 heterocycles. The summed E-state index contributed by atoms with van der Waals surface area (Å²) in [5.74, 6) is 1.78. The topological polar surface area (TPSA) is 51.6 Å². The van der Waals surface area contributed by atoms with E-state index in [2.05, 4.69) is 4.98 Å². The lowest BCUT2D eigenvalue weighted by Gasteiger charge is -2.08. The standard InChI is InChI=1S/C18H15NO3S/c20-15-5-2-1-4-13(15)18-19-14(11-23-18)12-6-7-16-17(10-12)22-9-3-8-21-16/h1-2,4-7,10-11,20H,3,8-9H2. The minimum absolute atomic E-state index is 0.243. The molecule has 0 amide bonds. The number of hydrogen-bond donors (Lipinski definition) is 1. The minimum atomic E-state index is 0.243. The number of nitrogens with zero attached hydrogens (tertiary/aromatic N) is 1. The average Bonchev–Trinajstić information content (AvgIpc) is 2.94. The van der Waals surface area contributed by atoms with Crippen molar-refractivity contribution in [2.45, 2.75) is 6.42 Å². The molecule has 0 bridgehead atoms. The van der Waals surface area contributed by atoms with E-state index in [9.17, 15) is 5.11 Å². The van der Waals surface area contributed by atoms with Crippen molar-refractivity contribution in [1.29, 1.82) is 0 Å². The SMILES string of the molecule is Oc1ccccc1-c1nc(-c2ccc3c(c2)OCCCO3)cs1. The van der Waals surface area contributed by atoms with Crippen molar-refractivity contribution in [2.75, 3.05) is 13.2 Å². The minimum Gasteiger partial charge on any atom is -0.507 e. The highest BCUT2D eigenvalue weighted by molar-refractivity contribution is 7.13. The van der Waals surface area contributed by atoms with Crippen molar-refractivity contribution in [3.8, 4) is 39.1 Å². The van der Waals surface area contributed by atoms with Crippen LogP contribution in [0.2, 0.25) is 0 Å². The molecule has 0 saturated carbocycles. The molecule has 0 atom stereocenters. The number of rotatable bonds is 2. The zero-order valence-corrected chi connectivity index (χ0v) is 13.2. The van der Waals surface area contributed by atoms with Gasteiger partial charge < -0.3 is 14.6 Å². The fourth-order valence-corrected chi connectivity index (χ4v) is 3.37. The third-order valence-electron chi connectivity index (χ3n) is 3.68. The Hall–Kier alpha value is -2.53. The van der Waals surface area contributed by atoms with Crippen LogP contribution < -0.4 is 9.47 Å². The zero-order valence-electron chi connectivity index (χ0n) is 12.4. The molecule has 0 fully saturated rings. The summed E-state index contributed by atoms with van der Waals surface area (Å²) in [5, 5.41) is 12.7. The molecular weight excluding hydrogens is 310 g/mol. The Balaban J connectivity index is 1.69. The van der Waals surface area contributed by atoms with Crippen molar-refractivity contribution < 1.29 is 14.6 Å². The molecule has 1 aliphatic heterocycles. The summed E-state index contributed by atoms with van der Waals surface area (Å²) in [6.45, 7) is 1.34. The van der Waals surface area contributed by atoms with Crippen LogP contribution in [0, 0.1) is 0 Å². The van der Waals surface area contributed by atoms with Gasteiger partial charge in [0.25, 0.3) is 0 Å². The van der Waals surface area contributed by atoms with Crippen LogP contribution in [0.15, 0.2) is 47.8 Å². The van der Waals surface area contributed by atoms with Gasteiger partial charge in [0.1, 0.15) is 10.8 Å². The highest BCUT2D eigenvalue weighted by Crippen LogP contribution is 2.37. The van der Waals surface area contributed by atoms with Gasteiger partial charge in [0.05, 0.1) is 24.5 Å². The van der Waals surface area contributed by atoms with Crippen LogP contribution in [0.25, 0.3) is 21.8 Å². The second-order valence-corrected chi connectivity index (χ2v) is 6.13. The molecule has 0 radical (unpaired) electrons. The summed E-state index contributed by atoms with van der Waals surface area (Å²) in [4.78, 5) is 4.65. The van der Waals surface area contributed by atoms with Crippen LogP contribution in [0.5, 0.6) is 17.2 Å². The van der Waals surface area contributed by atoms with Gasteiger partial charge in [-0.2, -0.15) is 0 Å². The summed E-state index contributed by atoms with van der Waals surface area (Å²) >= 11 is 1.51. The zero-order chi connectivity index (χ0) is 15.6. The largest absolute Gasteiger partial charge is 0.507 e. The highest BCUT2D eigenvalue weighted by atomic mass is 32.1. The number of ether oxygens (including phenoxy) is 2. The third-order valence-corrected chi connectivity index (χ3v) is 4.56. The molecule has 23 heavy (non-hydrogen) atoms. The predicted octanol–water partition coefficient (Wildman–Crippen LogP) is 4.34. The molecule has 4 rings (SSSR count). The maximum Gasteiger partial charge on any atom is 0.161 e. The first-order valence-corrected chi connectivity index (χ1v) is 8.33. The summed E-state index contributed by atoms with van der Waals surface area (Å²) in [5.41, 5.74) is 2.59. The Labute approximate surface area is 138 Å². The number of aromatic hydroxyl groups is 1. The van der Waals surface area contributed by atoms with Gasteiger partial charge in [0.15, 0.2) is 11.5 Å². The van der Waals surface area contributed by atoms with E-state index < -0.39 is 0 Å². The van der Waals surface area contributed by atoms with Crippen molar-refractivity contribution in [3.05, 3.63) is 47.8 Å². The number of fused-ring (bicyclic) bond motifs is 1. The molecule has 0 saturated heterocycles. The predicted molar refractivity (Wildman–Crippen MR) is 90.3 cm³/mol. The van der Waals surface area contributed by atoms with Gasteiger partial charge in [-0.15, -0.1) is 11.3 Å². The van der Waals surface area contributed by atoms with Gasteiger partial charge in [0, 0.05) is 17.4 Å². The van der Waals surface area contributed by atoms with Gasteiger partial charge in [-0.05, 0) is 30.3 Å². The maximum absolute atomic E-state index is 9.96. The molecule has 0 spiro atoms. The molecule has 0 aliphatic carbocycles. The summed E-state index contributed by atoms with van der Waals surface area (Å²) < 4.78 is 11.4. The lowest BCUT2D eigenvalue weighted by Crippen LogP contribution is -1.97. The van der Waals surface area contributed by atoms with E-state index in [0.717, 1.165) is 39.7 Å². The van der Waals surface area contributed by atoms with Crippen LogP contribution in [0.3, 0.4) is 0 Å². The molecule has 116 valence electrons. The average molecular weight is 325 g/mol. The number of benzene rings is 2. The Morgan fingerprint density at radius 1 is 1.00 bits per heavy atom. The van der Waals surface area contributed by atoms with Crippen molar-refractivity contribution >= 4 is 11.3 Å². The second-order valence-electron chi connectivity index (χ2n) is 5.27. The molecule has 3 aromatic rings. The fraction of sp³-hybridized carbons (Fsp3) is 0.167. The van der Waals surface area contributed by atoms with E-state index in [1.165, 1.54) is 11.3 Å². The smallest absolute Gasteiger partial charge is 0.161 e. The van der Waals surface area contributed by atoms with E-state index in [1.807, 2.05) is 35.7 Å². The molecule has 1 N–H and O–H groups in total. The highest BCUT2D eigenvalue weighted by Gasteiger charge is 2.14. The number of thiazole rings is 1. The van der Waals surface area contributed by atoms with E-state index in [0.29, 0.717) is 13.2 Å².